The van der Waals surface area contributed by atoms with Crippen molar-refractivity contribution in [3.63, 3.8) is 0 Å². The topological polar surface area (TPSA) is 90.3 Å². The lowest BCUT2D eigenvalue weighted by Crippen LogP contribution is -2.28. The fourth-order valence-electron chi connectivity index (χ4n) is 1.91. The average molecular weight is 323 g/mol. The van der Waals surface area contributed by atoms with Crippen molar-refractivity contribution < 1.29 is 13.2 Å². The van der Waals surface area contributed by atoms with Crippen LogP contribution in [0.1, 0.15) is 6.42 Å². The van der Waals surface area contributed by atoms with E-state index < -0.39 is 10.0 Å². The molecule has 1 heterocycles. The maximum atomic E-state index is 12.2. The van der Waals surface area contributed by atoms with Gasteiger partial charge in [0.25, 0.3) is 5.56 Å². The monoisotopic (exact) mass is 323 g/mol. The van der Waals surface area contributed by atoms with Crippen LogP contribution in [0.4, 0.5) is 0 Å². The summed E-state index contributed by atoms with van der Waals surface area (Å²) in [5, 5.41) is 3.90. The van der Waals surface area contributed by atoms with E-state index in [1.54, 1.807) is 24.3 Å². The molecule has 0 saturated heterocycles. The Morgan fingerprint density at radius 1 is 1.23 bits per heavy atom. The highest BCUT2D eigenvalue weighted by molar-refractivity contribution is 7.89. The Morgan fingerprint density at radius 3 is 2.73 bits per heavy atom. The molecule has 0 fully saturated rings. The molecule has 0 aliphatic heterocycles. The second kappa shape index (κ2) is 7.19. The van der Waals surface area contributed by atoms with Crippen molar-refractivity contribution in [3.05, 3.63) is 52.9 Å². The van der Waals surface area contributed by atoms with Crippen LogP contribution in [0.3, 0.4) is 0 Å². The molecule has 0 bridgehead atoms. The summed E-state index contributed by atoms with van der Waals surface area (Å²) in [5.74, 6) is 0.288. The first kappa shape index (κ1) is 16.2. The largest absolute Gasteiger partial charge is 0.495 e. The van der Waals surface area contributed by atoms with Gasteiger partial charge in [-0.05, 0) is 24.6 Å². The van der Waals surface area contributed by atoms with Crippen LogP contribution in [0.15, 0.2) is 52.3 Å². The lowest BCUT2D eigenvalue weighted by atomic mass is 10.3. The molecule has 8 heteroatoms. The Bertz CT molecular complexity index is 786. The van der Waals surface area contributed by atoms with Crippen LogP contribution in [0.25, 0.3) is 0 Å². The first-order chi connectivity index (χ1) is 10.5. The normalized spacial score (nSPS) is 11.3. The van der Waals surface area contributed by atoms with E-state index in [0.29, 0.717) is 13.0 Å². The van der Waals surface area contributed by atoms with Gasteiger partial charge in [-0.15, -0.1) is 0 Å². The van der Waals surface area contributed by atoms with E-state index in [1.165, 1.54) is 30.1 Å². The Morgan fingerprint density at radius 2 is 2.00 bits per heavy atom. The highest BCUT2D eigenvalue weighted by Gasteiger charge is 2.17. The number of nitrogens with zero attached hydrogens (tertiary/aromatic N) is 2. The predicted molar refractivity (Wildman–Crippen MR) is 81.3 cm³/mol. The van der Waals surface area contributed by atoms with E-state index in [4.69, 9.17) is 4.74 Å². The van der Waals surface area contributed by atoms with Crippen LogP contribution in [0, 0.1) is 0 Å². The van der Waals surface area contributed by atoms with Crippen LogP contribution in [0.5, 0.6) is 5.75 Å². The predicted octanol–water partition coefficient (Wildman–Crippen LogP) is 0.620. The Kier molecular flexibility index (Phi) is 5.29. The molecule has 0 saturated carbocycles. The van der Waals surface area contributed by atoms with Crippen molar-refractivity contribution in [1.29, 1.82) is 0 Å². The number of hydrogen-bond donors (Lipinski definition) is 1. The van der Waals surface area contributed by atoms with E-state index in [1.807, 2.05) is 0 Å². The first-order valence-corrected chi connectivity index (χ1v) is 8.18. The van der Waals surface area contributed by atoms with Gasteiger partial charge in [0.2, 0.25) is 10.0 Å². The molecule has 0 aliphatic rings. The second-order valence-electron chi connectivity index (χ2n) is 4.49. The van der Waals surface area contributed by atoms with E-state index in [0.717, 1.165) is 0 Å². The van der Waals surface area contributed by atoms with E-state index in [9.17, 15) is 13.2 Å². The Balaban J connectivity index is 1.96. The minimum atomic E-state index is -3.65. The third-order valence-corrected chi connectivity index (χ3v) is 4.48. The summed E-state index contributed by atoms with van der Waals surface area (Å²) < 4.78 is 33.3. The van der Waals surface area contributed by atoms with Gasteiger partial charge in [0.05, 0.1) is 7.11 Å². The van der Waals surface area contributed by atoms with Crippen molar-refractivity contribution in [2.24, 2.45) is 0 Å². The summed E-state index contributed by atoms with van der Waals surface area (Å²) in [4.78, 5) is 11.6. The number of benzene rings is 1. The third-order valence-electron chi connectivity index (χ3n) is 2.98. The van der Waals surface area contributed by atoms with Crippen LogP contribution < -0.4 is 15.0 Å². The number of aryl methyl sites for hydroxylation is 1. The van der Waals surface area contributed by atoms with Crippen LogP contribution in [-0.2, 0) is 16.6 Å². The third kappa shape index (κ3) is 3.92. The SMILES string of the molecule is COc1ccccc1S(=O)(=O)NCCCn1ncccc1=O. The number of sulfonamides is 1. The summed E-state index contributed by atoms with van der Waals surface area (Å²) in [6, 6.07) is 9.36. The minimum Gasteiger partial charge on any atom is -0.495 e. The standard InChI is InChI=1S/C14H17N3O4S/c1-21-12-6-2-3-7-13(12)22(19,20)16-10-5-11-17-14(18)8-4-9-15-17/h2-4,6-9,16H,5,10-11H2,1H3. The molecule has 0 atom stereocenters. The number of rotatable bonds is 7. The zero-order chi connectivity index (χ0) is 16.0. The zero-order valence-electron chi connectivity index (χ0n) is 12.1. The van der Waals surface area contributed by atoms with Gasteiger partial charge in [0, 0.05) is 25.4 Å². The van der Waals surface area contributed by atoms with Gasteiger partial charge in [0.15, 0.2) is 0 Å². The molecule has 1 aromatic carbocycles. The van der Waals surface area contributed by atoms with E-state index in [2.05, 4.69) is 9.82 Å². The first-order valence-electron chi connectivity index (χ1n) is 6.69. The summed E-state index contributed by atoms with van der Waals surface area (Å²) in [7, 11) is -2.23. The van der Waals surface area contributed by atoms with Gasteiger partial charge in [-0.2, -0.15) is 5.10 Å². The molecule has 22 heavy (non-hydrogen) atoms. The number of nitrogens with one attached hydrogen (secondary N) is 1. The Labute approximate surface area is 128 Å². The van der Waals surface area contributed by atoms with Gasteiger partial charge in [0.1, 0.15) is 10.6 Å². The van der Waals surface area contributed by atoms with Gasteiger partial charge in [-0.1, -0.05) is 12.1 Å². The molecule has 2 rings (SSSR count). The molecule has 1 aromatic heterocycles. The van der Waals surface area contributed by atoms with Gasteiger partial charge < -0.3 is 4.74 Å². The number of ether oxygens (including phenoxy) is 1. The number of hydrogen-bond acceptors (Lipinski definition) is 5. The molecule has 0 radical (unpaired) electrons. The van der Waals surface area contributed by atoms with Crippen molar-refractivity contribution in [2.75, 3.05) is 13.7 Å². The van der Waals surface area contributed by atoms with Crippen LogP contribution >= 0.6 is 0 Å². The lowest BCUT2D eigenvalue weighted by molar-refractivity contribution is 0.402. The summed E-state index contributed by atoms with van der Waals surface area (Å²) >= 11 is 0. The molecular formula is C14H17N3O4S. The fraction of sp³-hybridized carbons (Fsp3) is 0.286. The number of aromatic nitrogens is 2. The molecule has 2 aromatic rings. The molecule has 0 unspecified atom stereocenters. The molecule has 0 aliphatic carbocycles. The van der Waals surface area contributed by atoms with Gasteiger partial charge >= 0.3 is 0 Å². The fourth-order valence-corrected chi connectivity index (χ4v) is 3.15. The van der Waals surface area contributed by atoms with Crippen molar-refractivity contribution in [1.82, 2.24) is 14.5 Å². The smallest absolute Gasteiger partial charge is 0.266 e. The Hall–Kier alpha value is -2.19. The van der Waals surface area contributed by atoms with E-state index >= 15 is 0 Å². The number of methoxy groups -OCH3 is 1. The summed E-state index contributed by atoms with van der Waals surface area (Å²) in [6.07, 6.45) is 1.96. The van der Waals surface area contributed by atoms with Crippen molar-refractivity contribution in [3.8, 4) is 5.75 Å². The van der Waals surface area contributed by atoms with Crippen molar-refractivity contribution in [2.45, 2.75) is 17.9 Å². The van der Waals surface area contributed by atoms with E-state index in [-0.39, 0.29) is 22.7 Å². The minimum absolute atomic E-state index is 0.0903. The zero-order valence-corrected chi connectivity index (χ0v) is 12.9. The molecule has 0 spiro atoms. The lowest BCUT2D eigenvalue weighted by Gasteiger charge is -2.10. The van der Waals surface area contributed by atoms with Crippen molar-refractivity contribution >= 4 is 10.0 Å². The average Bonchev–Trinajstić information content (AvgIpc) is 2.53. The summed E-state index contributed by atoms with van der Waals surface area (Å²) in [5.41, 5.74) is -0.213. The highest BCUT2D eigenvalue weighted by Crippen LogP contribution is 2.22. The highest BCUT2D eigenvalue weighted by atomic mass is 32.2. The molecule has 118 valence electrons. The maximum absolute atomic E-state index is 12.2. The van der Waals surface area contributed by atoms with Gasteiger partial charge in [-0.25, -0.2) is 17.8 Å². The van der Waals surface area contributed by atoms with Crippen LogP contribution in [0.2, 0.25) is 0 Å². The van der Waals surface area contributed by atoms with Crippen LogP contribution in [-0.4, -0.2) is 31.9 Å². The molecule has 0 amide bonds. The molecule has 7 nitrogen and oxygen atoms in total. The summed E-state index contributed by atoms with van der Waals surface area (Å²) in [6.45, 7) is 0.539. The second-order valence-corrected chi connectivity index (χ2v) is 6.22. The maximum Gasteiger partial charge on any atom is 0.266 e. The quantitative estimate of drug-likeness (QED) is 0.754. The van der Waals surface area contributed by atoms with Gasteiger partial charge in [-0.3, -0.25) is 4.79 Å². The molecule has 1 N–H and O–H groups in total. The number of para-hydroxylation sites is 1. The molecular weight excluding hydrogens is 306 g/mol.